The van der Waals surface area contributed by atoms with Gasteiger partial charge in [-0.1, -0.05) is 0 Å². The van der Waals surface area contributed by atoms with Crippen LogP contribution < -0.4 is 20.9 Å². The van der Waals surface area contributed by atoms with Crippen LogP contribution in [0.4, 0.5) is 34.1 Å². The molecule has 0 amide bonds. The number of ether oxygens (including phenoxy) is 1. The molecule has 6 rings (SSSR count). The molecule has 4 aromatic rings. The van der Waals surface area contributed by atoms with Crippen LogP contribution in [0.1, 0.15) is 15.9 Å². The van der Waals surface area contributed by atoms with E-state index < -0.39 is 101 Å². The van der Waals surface area contributed by atoms with Crippen molar-refractivity contribution >= 4 is 93.5 Å². The van der Waals surface area contributed by atoms with E-state index >= 15 is 0 Å². The number of carbonyl (C=O) groups excluding carboxylic acids is 2. The molecule has 23 nitrogen and oxygen atoms in total. The predicted molar refractivity (Wildman–Crippen MR) is 216 cm³/mol. The summed E-state index contributed by atoms with van der Waals surface area (Å²) in [4.78, 5) is 34.2. The smallest absolute Gasteiger partial charge is 0.296 e. The molecule has 0 radical (unpaired) electrons. The molecule has 0 saturated heterocycles. The van der Waals surface area contributed by atoms with Gasteiger partial charge in [-0.3, -0.25) is 44.2 Å². The van der Waals surface area contributed by atoms with E-state index in [0.717, 1.165) is 30.4 Å². The lowest BCUT2D eigenvalue weighted by molar-refractivity contribution is -0.385. The minimum absolute atomic E-state index is 0.176. The van der Waals surface area contributed by atoms with Crippen LogP contribution in [0.5, 0.6) is 5.75 Å². The monoisotopic (exact) mass is 894 g/mol. The summed E-state index contributed by atoms with van der Waals surface area (Å²) in [6.07, 6.45) is 2.39. The van der Waals surface area contributed by atoms with Gasteiger partial charge < -0.3 is 15.2 Å². The molecule has 0 unspecified atom stereocenters. The van der Waals surface area contributed by atoms with E-state index in [9.17, 15) is 63.7 Å². The second-order valence-corrected chi connectivity index (χ2v) is 16.5. The van der Waals surface area contributed by atoms with Crippen LogP contribution in [-0.2, 0) is 35.1 Å². The van der Waals surface area contributed by atoms with E-state index in [1.807, 2.05) is 0 Å². The molecule has 4 aromatic carbocycles. The lowest BCUT2D eigenvalue weighted by Crippen LogP contribution is -2.27. The number of benzene rings is 4. The molecule has 0 atom stereocenters. The fourth-order valence-corrected chi connectivity index (χ4v) is 7.27. The molecule has 0 fully saturated rings. The van der Waals surface area contributed by atoms with Crippen molar-refractivity contribution in [1.82, 2.24) is 0 Å². The summed E-state index contributed by atoms with van der Waals surface area (Å²) in [6, 6.07) is 15.9. The van der Waals surface area contributed by atoms with E-state index in [1.54, 1.807) is 0 Å². The zero-order valence-corrected chi connectivity index (χ0v) is 32.9. The summed E-state index contributed by atoms with van der Waals surface area (Å²) >= 11 is 0. The molecular weight excluding hydrogens is 869 g/mol. The first-order valence-electron chi connectivity index (χ1n) is 16.6. The number of fused-ring (bicyclic) bond motifs is 1. The summed E-state index contributed by atoms with van der Waals surface area (Å²) in [5.74, 6) is -2.31. The minimum Gasteiger partial charge on any atom is -0.505 e. The number of hydrogen-bond donors (Lipinski definition) is 7. The SMILES string of the molecule is COc1ccc(NN=C2C(=O)c3c(cc(S(=O)(=O)O)cc3N=NC3=CC(=NNc4ccc(Nc5ccc([N+](=O)[O-])cc5S(=O)(=O)O)cc4)C(=O)C=C3O)C=C2S(=O)(=O)O)cc1. The minimum atomic E-state index is -5.19. The lowest BCUT2D eigenvalue weighted by atomic mass is 9.93. The molecule has 0 aliphatic heterocycles. The maximum absolute atomic E-state index is 13.9. The van der Waals surface area contributed by atoms with E-state index in [0.29, 0.717) is 24.0 Å². The van der Waals surface area contributed by atoms with Gasteiger partial charge in [-0.05, 0) is 78.4 Å². The normalized spacial score (nSPS) is 15.8. The number of allylic oxidation sites excluding steroid dienone is 3. The van der Waals surface area contributed by atoms with Crippen molar-refractivity contribution in [3.63, 3.8) is 0 Å². The number of rotatable bonds is 13. The van der Waals surface area contributed by atoms with Crippen LogP contribution in [0, 0.1) is 10.1 Å². The standard InChI is InChI=1S/C35H26N8O15S3/c1-58-23-9-6-21(7-10-23)38-42-34-32(61(55,56)57)13-18-12-24(59(49,50)51)15-28(33(18)35(34)46)41-40-27-16-26(29(44)17-30(27)45)39-37-20-4-2-19(3-5-20)36-25-11-8-22(43(47)48)14-31(25)60(52,53)54/h2-17,36-38,45H,1H3,(H,49,50,51)(H,52,53,54)(H,55,56,57). The van der Waals surface area contributed by atoms with Gasteiger partial charge in [0.1, 0.15) is 32.7 Å². The molecule has 7 N–H and O–H groups in total. The van der Waals surface area contributed by atoms with Gasteiger partial charge in [0.2, 0.25) is 11.6 Å². The number of nitrogens with zero attached hydrogens (tertiary/aromatic N) is 5. The molecular formula is C35H26N8O15S3. The number of azo groups is 1. The third-order valence-electron chi connectivity index (χ3n) is 8.29. The maximum Gasteiger partial charge on any atom is 0.296 e. The highest BCUT2D eigenvalue weighted by Crippen LogP contribution is 2.36. The largest absolute Gasteiger partial charge is 0.505 e. The van der Waals surface area contributed by atoms with Crippen LogP contribution in [-0.4, -0.2) is 79.0 Å². The van der Waals surface area contributed by atoms with Crippen LogP contribution in [0.25, 0.3) is 6.08 Å². The number of nitro groups is 1. The lowest BCUT2D eigenvalue weighted by Gasteiger charge is -2.18. The van der Waals surface area contributed by atoms with Gasteiger partial charge in [-0.2, -0.15) is 35.5 Å². The van der Waals surface area contributed by atoms with E-state index in [2.05, 4.69) is 36.6 Å². The van der Waals surface area contributed by atoms with Gasteiger partial charge in [-0.15, -0.1) is 10.2 Å². The number of aliphatic hydroxyl groups excluding tert-OH is 1. The quantitative estimate of drug-likeness (QED) is 0.0298. The van der Waals surface area contributed by atoms with Crippen molar-refractivity contribution in [2.45, 2.75) is 9.79 Å². The molecule has 61 heavy (non-hydrogen) atoms. The Bertz CT molecular complexity index is 3070. The van der Waals surface area contributed by atoms with Crippen molar-refractivity contribution in [3.8, 4) is 5.75 Å². The van der Waals surface area contributed by atoms with Gasteiger partial charge in [0.15, 0.2) is 5.71 Å². The maximum atomic E-state index is 13.9. The van der Waals surface area contributed by atoms with Crippen LogP contribution in [0.3, 0.4) is 0 Å². The fraction of sp³-hybridized carbons (Fsp3) is 0.0286. The Labute approximate surface area is 343 Å². The molecule has 0 spiro atoms. The van der Waals surface area contributed by atoms with E-state index in [4.69, 9.17) is 4.74 Å². The van der Waals surface area contributed by atoms with Crippen molar-refractivity contribution in [2.24, 2.45) is 20.4 Å². The van der Waals surface area contributed by atoms with E-state index in [1.165, 1.54) is 55.6 Å². The number of hydrazone groups is 2. The van der Waals surface area contributed by atoms with E-state index in [-0.39, 0.29) is 28.5 Å². The van der Waals surface area contributed by atoms with Gasteiger partial charge in [0.05, 0.1) is 45.2 Å². The highest BCUT2D eigenvalue weighted by molar-refractivity contribution is 7.91. The fourth-order valence-electron chi connectivity index (χ4n) is 5.41. The number of ketones is 2. The van der Waals surface area contributed by atoms with Crippen molar-refractivity contribution in [1.29, 1.82) is 0 Å². The third-order valence-corrected chi connectivity index (χ3v) is 10.9. The Morgan fingerprint density at radius 3 is 1.93 bits per heavy atom. The Kier molecular flexibility index (Phi) is 11.8. The van der Waals surface area contributed by atoms with Gasteiger partial charge in [0, 0.05) is 30.0 Å². The number of nitro benzene ring substituents is 1. The second kappa shape index (κ2) is 16.6. The highest BCUT2D eigenvalue weighted by atomic mass is 32.2. The zero-order valence-electron chi connectivity index (χ0n) is 30.5. The predicted octanol–water partition coefficient (Wildman–Crippen LogP) is 5.19. The molecule has 26 heteroatoms. The number of carbonyl (C=O) groups is 2. The summed E-state index contributed by atoms with van der Waals surface area (Å²) in [5.41, 5.74) is 1.88. The zero-order chi connectivity index (χ0) is 44.4. The number of aliphatic hydroxyl groups is 1. The molecule has 0 bridgehead atoms. The van der Waals surface area contributed by atoms with Crippen LogP contribution in [0.15, 0.2) is 138 Å². The van der Waals surface area contributed by atoms with Gasteiger partial charge >= 0.3 is 0 Å². The van der Waals surface area contributed by atoms with Crippen LogP contribution >= 0.6 is 0 Å². The Balaban J connectivity index is 1.30. The average Bonchev–Trinajstić information content (AvgIpc) is 3.19. The highest BCUT2D eigenvalue weighted by Gasteiger charge is 2.36. The molecule has 0 saturated carbocycles. The first-order valence-corrected chi connectivity index (χ1v) is 20.9. The number of Topliss-reactive ketones (excluding diaryl/α,β-unsaturated/α-hetero) is 1. The summed E-state index contributed by atoms with van der Waals surface area (Å²) in [6.45, 7) is 0. The number of nitrogens with one attached hydrogen (secondary N) is 3. The summed E-state index contributed by atoms with van der Waals surface area (Å²) in [5, 5.41) is 39.9. The summed E-state index contributed by atoms with van der Waals surface area (Å²) in [7, 11) is -13.7. The molecule has 0 aromatic heterocycles. The summed E-state index contributed by atoms with van der Waals surface area (Å²) < 4.78 is 107. The first-order chi connectivity index (χ1) is 28.6. The Hall–Kier alpha value is -7.49. The van der Waals surface area contributed by atoms with Gasteiger partial charge in [-0.25, -0.2) is 0 Å². The van der Waals surface area contributed by atoms with Gasteiger partial charge in [0.25, 0.3) is 36.0 Å². The van der Waals surface area contributed by atoms with Crippen molar-refractivity contribution < 1.29 is 63.3 Å². The Morgan fingerprint density at radius 1 is 0.721 bits per heavy atom. The second-order valence-electron chi connectivity index (χ2n) is 12.3. The molecule has 0 heterocycles. The number of non-ortho nitro benzene ring substituents is 1. The molecule has 2 aliphatic carbocycles. The van der Waals surface area contributed by atoms with Crippen LogP contribution in [0.2, 0.25) is 0 Å². The topological polar surface area (TPSA) is 355 Å². The van der Waals surface area contributed by atoms with Crippen molar-refractivity contribution in [2.75, 3.05) is 23.3 Å². The van der Waals surface area contributed by atoms with Crippen molar-refractivity contribution in [3.05, 3.63) is 129 Å². The Morgan fingerprint density at radius 2 is 1.34 bits per heavy atom. The average molecular weight is 895 g/mol. The number of hydrogen-bond acceptors (Lipinski definition) is 19. The molecule has 314 valence electrons. The first kappa shape index (κ1) is 43.1. The third kappa shape index (κ3) is 9.87. The molecule has 2 aliphatic rings. The number of methoxy groups -OCH3 is 1. The number of anilines is 4.